The van der Waals surface area contributed by atoms with Crippen LogP contribution in [0.2, 0.25) is 0 Å². The summed E-state index contributed by atoms with van der Waals surface area (Å²) in [6, 6.07) is 4.35. The topological polar surface area (TPSA) is 78.7 Å². The lowest BCUT2D eigenvalue weighted by Gasteiger charge is -2.40. The van der Waals surface area contributed by atoms with Crippen molar-refractivity contribution in [2.24, 2.45) is 11.7 Å². The normalized spacial score (nSPS) is 22.0. The summed E-state index contributed by atoms with van der Waals surface area (Å²) >= 11 is 6.47. The summed E-state index contributed by atoms with van der Waals surface area (Å²) in [5, 5.41) is 2.48. The van der Waals surface area contributed by atoms with Gasteiger partial charge in [0.25, 0.3) is 0 Å². The van der Waals surface area contributed by atoms with Crippen molar-refractivity contribution in [3.8, 4) is 0 Å². The lowest BCUT2D eigenvalue weighted by Crippen LogP contribution is -2.57. The maximum absolute atomic E-state index is 13.7. The van der Waals surface area contributed by atoms with Gasteiger partial charge in [-0.1, -0.05) is 23.7 Å². The Morgan fingerprint density at radius 1 is 1.28 bits per heavy atom. The molecule has 3 N–H and O–H groups in total. The number of nitrogens with one attached hydrogen (secondary N) is 1. The number of fused-ring (bicyclic) bond motifs is 1. The molecule has 2 aliphatic heterocycles. The van der Waals surface area contributed by atoms with E-state index in [0.29, 0.717) is 11.1 Å². The van der Waals surface area contributed by atoms with E-state index < -0.39 is 48.9 Å². The maximum Gasteiger partial charge on any atom is 0.390 e. The van der Waals surface area contributed by atoms with Crippen LogP contribution in [0.15, 0.2) is 29.4 Å². The number of benzene rings is 1. The molecule has 0 aromatic heterocycles. The van der Waals surface area contributed by atoms with E-state index in [2.05, 4.69) is 5.32 Å². The van der Waals surface area contributed by atoms with Gasteiger partial charge in [-0.15, -0.1) is 0 Å². The minimum absolute atomic E-state index is 0.0422. The number of rotatable bonds is 4. The molecule has 0 spiro atoms. The second-order valence-electron chi connectivity index (χ2n) is 6.90. The van der Waals surface area contributed by atoms with E-state index in [1.54, 1.807) is 11.0 Å². The van der Waals surface area contributed by atoms with Gasteiger partial charge in [0, 0.05) is 31.8 Å². The monoisotopic (exact) mass is 434 g/mol. The lowest BCUT2D eigenvalue weighted by molar-refractivity contribution is -0.133. The van der Waals surface area contributed by atoms with E-state index in [0.717, 1.165) is 0 Å². The van der Waals surface area contributed by atoms with Crippen molar-refractivity contribution in [2.45, 2.75) is 18.6 Å². The first kappa shape index (κ1) is 21.2. The van der Waals surface area contributed by atoms with Crippen LogP contribution in [0.4, 0.5) is 22.4 Å². The van der Waals surface area contributed by atoms with Crippen LogP contribution in [-0.2, 0) is 4.79 Å². The molecule has 2 aliphatic rings. The van der Waals surface area contributed by atoms with Gasteiger partial charge in [-0.25, -0.2) is 9.18 Å². The van der Waals surface area contributed by atoms with Gasteiger partial charge in [0.15, 0.2) is 0 Å². The third-order valence-corrected chi connectivity index (χ3v) is 5.42. The number of primary amides is 1. The van der Waals surface area contributed by atoms with Gasteiger partial charge in [-0.2, -0.15) is 13.2 Å². The van der Waals surface area contributed by atoms with E-state index in [1.807, 2.05) is 0 Å². The molecule has 3 amide bonds. The number of hydrogen-bond donors (Lipinski definition) is 2. The van der Waals surface area contributed by atoms with Crippen molar-refractivity contribution < 1.29 is 27.2 Å². The fourth-order valence-electron chi connectivity index (χ4n) is 3.71. The van der Waals surface area contributed by atoms with E-state index >= 15 is 0 Å². The van der Waals surface area contributed by atoms with Gasteiger partial charge in [0.1, 0.15) is 11.0 Å². The molecule has 1 fully saturated rings. The molecule has 2 heterocycles. The molecule has 6 nitrogen and oxygen atoms in total. The first-order valence-corrected chi connectivity index (χ1v) is 9.27. The van der Waals surface area contributed by atoms with Gasteiger partial charge in [-0.05, 0) is 17.7 Å². The first-order chi connectivity index (χ1) is 13.6. The van der Waals surface area contributed by atoms with Crippen molar-refractivity contribution in [2.75, 3.05) is 26.2 Å². The van der Waals surface area contributed by atoms with Crippen LogP contribution < -0.4 is 11.1 Å². The van der Waals surface area contributed by atoms with Crippen LogP contribution in [0.25, 0.3) is 5.57 Å². The number of carbonyl (C=O) groups is 2. The zero-order valence-electron chi connectivity index (χ0n) is 15.2. The molecule has 0 saturated carbocycles. The van der Waals surface area contributed by atoms with Crippen LogP contribution in [0.3, 0.4) is 0 Å². The molecule has 29 heavy (non-hydrogen) atoms. The summed E-state index contributed by atoms with van der Waals surface area (Å²) in [7, 11) is 0. The molecule has 158 valence electrons. The molecule has 0 bridgehead atoms. The standard InChI is InChI=1S/C18H19ClF4N4O2/c19-15-13(10-2-1-3-11(20)8-10)14(16(24)28)12-9-26(6-7-27(12)15)17(29)25-5-4-18(21,22)23/h1-3,8,12,14H,4-7,9H2,(H2,24,28)(H,25,29). The van der Waals surface area contributed by atoms with Crippen LogP contribution in [0.1, 0.15) is 12.0 Å². The second-order valence-corrected chi connectivity index (χ2v) is 7.26. The third-order valence-electron chi connectivity index (χ3n) is 5.00. The lowest BCUT2D eigenvalue weighted by atomic mass is 9.88. The molecule has 0 aliphatic carbocycles. The van der Waals surface area contributed by atoms with Gasteiger partial charge in [0.2, 0.25) is 5.91 Å². The molecule has 1 saturated heterocycles. The Balaban J connectivity index is 1.77. The number of piperazine rings is 1. The largest absolute Gasteiger partial charge is 0.390 e. The summed E-state index contributed by atoms with van der Waals surface area (Å²) in [5.74, 6) is -2.08. The van der Waals surface area contributed by atoms with E-state index in [4.69, 9.17) is 17.3 Å². The SMILES string of the molecule is NC(=O)C1C(c2cccc(F)c2)=C(Cl)N2CCN(C(=O)NCCC(F)(F)F)CC12. The summed E-state index contributed by atoms with van der Waals surface area (Å²) in [4.78, 5) is 27.5. The molecular weight excluding hydrogens is 416 g/mol. The highest BCUT2D eigenvalue weighted by Gasteiger charge is 2.47. The average Bonchev–Trinajstić information content (AvgIpc) is 2.93. The van der Waals surface area contributed by atoms with Crippen molar-refractivity contribution >= 4 is 29.1 Å². The highest BCUT2D eigenvalue weighted by Crippen LogP contribution is 2.43. The Labute approximate surface area is 169 Å². The summed E-state index contributed by atoms with van der Waals surface area (Å²) < 4.78 is 50.5. The van der Waals surface area contributed by atoms with Gasteiger partial charge in [-0.3, -0.25) is 4.79 Å². The second kappa shape index (κ2) is 8.10. The molecule has 1 aromatic rings. The smallest absolute Gasteiger partial charge is 0.369 e. The molecule has 2 unspecified atom stereocenters. The third kappa shape index (κ3) is 4.58. The minimum Gasteiger partial charge on any atom is -0.369 e. The maximum atomic E-state index is 13.7. The zero-order valence-corrected chi connectivity index (χ0v) is 15.9. The number of hydrogen-bond acceptors (Lipinski definition) is 3. The van der Waals surface area contributed by atoms with Crippen LogP contribution in [-0.4, -0.2) is 60.1 Å². The van der Waals surface area contributed by atoms with Crippen molar-refractivity contribution in [3.63, 3.8) is 0 Å². The fraction of sp³-hybridized carbons (Fsp3) is 0.444. The van der Waals surface area contributed by atoms with Crippen LogP contribution in [0.5, 0.6) is 0 Å². The number of halogens is 5. The number of nitrogens with zero attached hydrogens (tertiary/aromatic N) is 2. The Morgan fingerprint density at radius 2 is 2.00 bits per heavy atom. The Bertz CT molecular complexity index is 845. The molecule has 1 aromatic carbocycles. The quantitative estimate of drug-likeness (QED) is 0.564. The number of carbonyl (C=O) groups excluding carboxylic acids is 2. The Kier molecular flexibility index (Phi) is 5.92. The summed E-state index contributed by atoms with van der Waals surface area (Å²) in [6.07, 6.45) is -5.51. The van der Waals surface area contributed by atoms with Crippen molar-refractivity contribution in [3.05, 3.63) is 40.8 Å². The van der Waals surface area contributed by atoms with Crippen LogP contribution in [0, 0.1) is 11.7 Å². The number of nitrogens with two attached hydrogens (primary N) is 1. The average molecular weight is 435 g/mol. The predicted molar refractivity (Wildman–Crippen MR) is 98.0 cm³/mol. The summed E-state index contributed by atoms with van der Waals surface area (Å²) in [5.41, 5.74) is 6.38. The highest BCUT2D eigenvalue weighted by atomic mass is 35.5. The molecule has 0 radical (unpaired) electrons. The number of amides is 3. The first-order valence-electron chi connectivity index (χ1n) is 8.89. The van der Waals surface area contributed by atoms with Gasteiger partial charge >= 0.3 is 12.2 Å². The molecule has 2 atom stereocenters. The Hall–Kier alpha value is -2.49. The van der Waals surface area contributed by atoms with E-state index in [9.17, 15) is 27.2 Å². The number of urea groups is 1. The molecule has 3 rings (SSSR count). The Morgan fingerprint density at radius 3 is 2.62 bits per heavy atom. The van der Waals surface area contributed by atoms with Gasteiger partial charge in [0.05, 0.1) is 18.4 Å². The fourth-order valence-corrected chi connectivity index (χ4v) is 4.14. The van der Waals surface area contributed by atoms with Gasteiger partial charge < -0.3 is 20.9 Å². The predicted octanol–water partition coefficient (Wildman–Crippen LogP) is 2.50. The molecule has 11 heteroatoms. The van der Waals surface area contributed by atoms with Crippen molar-refractivity contribution in [1.82, 2.24) is 15.1 Å². The number of alkyl halides is 3. The van der Waals surface area contributed by atoms with E-state index in [-0.39, 0.29) is 24.8 Å². The zero-order chi connectivity index (χ0) is 21.3. The summed E-state index contributed by atoms with van der Waals surface area (Å²) in [6.45, 7) is -0.0359. The van der Waals surface area contributed by atoms with Crippen LogP contribution >= 0.6 is 11.6 Å². The van der Waals surface area contributed by atoms with E-state index in [1.165, 1.54) is 23.1 Å². The molecular formula is C18H19ClF4N4O2. The van der Waals surface area contributed by atoms with Crippen molar-refractivity contribution in [1.29, 1.82) is 0 Å². The minimum atomic E-state index is -4.37. The highest BCUT2D eigenvalue weighted by molar-refractivity contribution is 6.33.